The van der Waals surface area contributed by atoms with Crippen molar-refractivity contribution < 1.29 is 44.2 Å². The lowest BCUT2D eigenvalue weighted by Crippen LogP contribution is -2.65. The Labute approximate surface area is 282 Å². The second-order valence-corrected chi connectivity index (χ2v) is 16.8. The largest absolute Gasteiger partial charge is 0.481 e. The van der Waals surface area contributed by atoms with Gasteiger partial charge in [-0.15, -0.1) is 0 Å². The van der Waals surface area contributed by atoms with Crippen LogP contribution in [0, 0.1) is 45.8 Å². The molecule has 3 aliphatic carbocycles. The molecule has 0 spiro atoms. The van der Waals surface area contributed by atoms with E-state index in [-0.39, 0.29) is 52.9 Å². The van der Waals surface area contributed by atoms with E-state index in [1.54, 1.807) is 0 Å². The molecule has 3 saturated carbocycles. The highest BCUT2D eigenvalue weighted by molar-refractivity contribution is 5.67. The van der Waals surface area contributed by atoms with Crippen LogP contribution in [0.15, 0.2) is 24.3 Å². The molecule has 4 rings (SSSR count). The number of esters is 1. The third-order valence-electron chi connectivity index (χ3n) is 13.7. The first-order valence-corrected chi connectivity index (χ1v) is 17.8. The second-order valence-electron chi connectivity index (χ2n) is 16.8. The fraction of sp³-hybridized carbons (Fsp3) is 0.842. The monoisotopic (exact) mass is 662 g/mol. The molecule has 0 unspecified atom stereocenters. The zero-order valence-corrected chi connectivity index (χ0v) is 30.1. The van der Waals surface area contributed by atoms with Crippen LogP contribution in [0.4, 0.5) is 0 Å². The molecule has 4 aliphatic rings. The predicted octanol–water partition coefficient (Wildman–Crippen LogP) is 6.04. The minimum Gasteiger partial charge on any atom is -0.481 e. The van der Waals surface area contributed by atoms with E-state index in [0.29, 0.717) is 31.6 Å². The normalized spacial score (nSPS) is 43.0. The van der Waals surface area contributed by atoms with Gasteiger partial charge in [0.05, 0.1) is 18.3 Å². The van der Waals surface area contributed by atoms with Crippen molar-refractivity contribution in [2.45, 2.75) is 149 Å². The van der Waals surface area contributed by atoms with Crippen LogP contribution >= 0.6 is 0 Å². The van der Waals surface area contributed by atoms with Gasteiger partial charge in [-0.25, -0.2) is 0 Å². The number of carbonyl (C=O) groups excluding carboxylic acids is 1. The summed E-state index contributed by atoms with van der Waals surface area (Å²) in [4.78, 5) is 24.1. The molecule has 13 atom stereocenters. The van der Waals surface area contributed by atoms with E-state index in [0.717, 1.165) is 36.8 Å². The predicted molar refractivity (Wildman–Crippen MR) is 179 cm³/mol. The maximum absolute atomic E-state index is 12.3. The van der Waals surface area contributed by atoms with Gasteiger partial charge in [0.1, 0.15) is 12.2 Å². The number of aliphatic hydroxyl groups is 3. The lowest BCUT2D eigenvalue weighted by atomic mass is 9.37. The number of carbonyl (C=O) groups is 2. The van der Waals surface area contributed by atoms with Crippen LogP contribution in [0.3, 0.4) is 0 Å². The molecule has 1 heterocycles. The Kier molecular flexibility index (Phi) is 11.2. The van der Waals surface area contributed by atoms with E-state index in [2.05, 4.69) is 47.8 Å². The molecule has 4 N–H and O–H groups in total. The lowest BCUT2D eigenvalue weighted by molar-refractivity contribution is -0.314. The molecule has 1 aliphatic heterocycles. The van der Waals surface area contributed by atoms with Gasteiger partial charge >= 0.3 is 11.9 Å². The Bertz CT molecular complexity index is 1200. The smallest absolute Gasteiger partial charge is 0.303 e. The fourth-order valence-corrected chi connectivity index (χ4v) is 10.7. The van der Waals surface area contributed by atoms with Crippen molar-refractivity contribution in [2.24, 2.45) is 45.8 Å². The molecule has 0 aromatic heterocycles. The summed E-state index contributed by atoms with van der Waals surface area (Å²) in [5.74, 6) is -1.12. The molecule has 1 saturated heterocycles. The number of hydrogen-bond acceptors (Lipinski definition) is 8. The average molecular weight is 663 g/mol. The molecule has 0 aromatic carbocycles. The molecule has 47 heavy (non-hydrogen) atoms. The van der Waals surface area contributed by atoms with E-state index in [1.807, 2.05) is 13.8 Å². The molecule has 9 nitrogen and oxygen atoms in total. The van der Waals surface area contributed by atoms with Gasteiger partial charge in [0.15, 0.2) is 12.4 Å². The summed E-state index contributed by atoms with van der Waals surface area (Å²) >= 11 is 0. The third kappa shape index (κ3) is 6.99. The van der Waals surface area contributed by atoms with Gasteiger partial charge in [-0.1, -0.05) is 58.9 Å². The summed E-state index contributed by atoms with van der Waals surface area (Å²) in [6, 6.07) is 0. The zero-order valence-electron chi connectivity index (χ0n) is 30.1. The van der Waals surface area contributed by atoms with Gasteiger partial charge in [0.2, 0.25) is 0 Å². The Morgan fingerprint density at radius 3 is 2.26 bits per heavy atom. The van der Waals surface area contributed by atoms with Gasteiger partial charge in [0.25, 0.3) is 0 Å². The van der Waals surface area contributed by atoms with Crippen LogP contribution in [0.5, 0.6) is 0 Å². The molecule has 9 heteroatoms. The minimum atomic E-state index is -1.38. The quantitative estimate of drug-likeness (QED) is 0.112. The summed E-state index contributed by atoms with van der Waals surface area (Å²) in [6.45, 7) is 24.9. The van der Waals surface area contributed by atoms with E-state index >= 15 is 0 Å². The van der Waals surface area contributed by atoms with Crippen molar-refractivity contribution in [3.8, 4) is 0 Å². The van der Waals surface area contributed by atoms with Crippen molar-refractivity contribution in [3.63, 3.8) is 0 Å². The van der Waals surface area contributed by atoms with Crippen molar-refractivity contribution in [1.29, 1.82) is 0 Å². The van der Waals surface area contributed by atoms with Crippen LogP contribution < -0.4 is 0 Å². The second kappa shape index (κ2) is 13.9. The Morgan fingerprint density at radius 1 is 1.04 bits per heavy atom. The van der Waals surface area contributed by atoms with Gasteiger partial charge in [-0.05, 0) is 111 Å². The summed E-state index contributed by atoms with van der Waals surface area (Å²) in [6.07, 6.45) is 0.591. The number of rotatable bonds is 12. The number of allylic oxidation sites excluding steroid dienone is 2. The minimum absolute atomic E-state index is 0.0555. The number of hydrogen-bond donors (Lipinski definition) is 4. The molecule has 4 fully saturated rings. The zero-order chi connectivity index (χ0) is 35.3. The summed E-state index contributed by atoms with van der Waals surface area (Å²) in [5, 5.41) is 43.4. The van der Waals surface area contributed by atoms with Gasteiger partial charge in [0, 0.05) is 13.3 Å². The van der Waals surface area contributed by atoms with Crippen molar-refractivity contribution in [3.05, 3.63) is 24.3 Å². The number of carboxylic acid groups (broad SMARTS) is 1. The number of ether oxygens (including phenoxy) is 3. The van der Waals surface area contributed by atoms with Crippen LogP contribution in [-0.4, -0.2) is 75.3 Å². The number of carboxylic acids is 1. The number of fused-ring (bicyclic) bond motifs is 3. The van der Waals surface area contributed by atoms with Crippen LogP contribution in [0.1, 0.15) is 113 Å². The van der Waals surface area contributed by atoms with Crippen LogP contribution in [-0.2, 0) is 23.8 Å². The molecule has 0 amide bonds. The van der Waals surface area contributed by atoms with E-state index < -0.39 is 48.2 Å². The van der Waals surface area contributed by atoms with Crippen LogP contribution in [0.25, 0.3) is 0 Å². The molecular formula is C38H62O9. The van der Waals surface area contributed by atoms with Crippen LogP contribution in [0.2, 0.25) is 0 Å². The molecule has 268 valence electrons. The Morgan fingerprint density at radius 2 is 1.68 bits per heavy atom. The summed E-state index contributed by atoms with van der Waals surface area (Å²) < 4.78 is 18.4. The van der Waals surface area contributed by atoms with Crippen molar-refractivity contribution in [2.75, 3.05) is 6.61 Å². The Hall–Kier alpha value is -1.78. The third-order valence-corrected chi connectivity index (χ3v) is 13.7. The molecule has 0 aromatic rings. The maximum atomic E-state index is 12.3. The standard InChI is InChI=1S/C38H62O9/c1-21(2)23(5)11-18-38(10,44)26-13-17-37(9)31(26)28(47-34-33(46-24(6)39)32(43)27(40)20-45-34)19-29-35(7,15-14-30(41)42)25(22(3)4)12-16-36(29,37)8/h21,25-29,31-34,40,43-44H,3,5,11-20H2,1-2,4,6-10H3,(H,41,42)/t25-,26-,27-,28+,29+,31-,32-,33+,34-,35-,36+,37+,38-/m0/s1. The van der Waals surface area contributed by atoms with Gasteiger partial charge < -0.3 is 34.6 Å². The summed E-state index contributed by atoms with van der Waals surface area (Å²) in [7, 11) is 0. The van der Waals surface area contributed by atoms with Crippen molar-refractivity contribution in [1.82, 2.24) is 0 Å². The number of aliphatic hydroxyl groups excluding tert-OH is 2. The summed E-state index contributed by atoms with van der Waals surface area (Å²) in [5.41, 5.74) is 0.324. The first-order chi connectivity index (χ1) is 21.7. The van der Waals surface area contributed by atoms with E-state index in [4.69, 9.17) is 14.2 Å². The van der Waals surface area contributed by atoms with Gasteiger partial charge in [-0.3, -0.25) is 9.59 Å². The lowest BCUT2D eigenvalue weighted by Gasteiger charge is -2.68. The highest BCUT2D eigenvalue weighted by Gasteiger charge is 2.70. The average Bonchev–Trinajstić information content (AvgIpc) is 3.35. The fourth-order valence-electron chi connectivity index (χ4n) is 10.7. The molecular weight excluding hydrogens is 600 g/mol. The molecule has 0 bridgehead atoms. The Balaban J connectivity index is 1.81. The topological polar surface area (TPSA) is 143 Å². The van der Waals surface area contributed by atoms with E-state index in [9.17, 15) is 30.0 Å². The number of aliphatic carboxylic acids is 1. The first-order valence-electron chi connectivity index (χ1n) is 17.8. The molecule has 0 radical (unpaired) electrons. The SMILES string of the molecule is C=C(CC[C@](C)(O)[C@H]1CC[C@]2(C)[C@@H]1[C@H](O[C@@H]1OC[C@H](O)[C@H](O)[C@H]1OC(C)=O)C[C@@H]1[C@@](C)(CCC(=O)O)[C@H](C(=C)C)CC[C@]12C)C(C)C. The highest BCUT2D eigenvalue weighted by Crippen LogP contribution is 2.74. The first kappa shape index (κ1) is 38.0. The van der Waals surface area contributed by atoms with Crippen molar-refractivity contribution >= 4 is 11.9 Å². The van der Waals surface area contributed by atoms with E-state index in [1.165, 1.54) is 6.92 Å². The maximum Gasteiger partial charge on any atom is 0.303 e. The van der Waals surface area contributed by atoms with Gasteiger partial charge in [-0.2, -0.15) is 0 Å². The highest BCUT2D eigenvalue weighted by atomic mass is 16.7.